The first-order chi connectivity index (χ1) is 9.58. The topological polar surface area (TPSA) is 46.5 Å². The van der Waals surface area contributed by atoms with Crippen LogP contribution in [-0.4, -0.2) is 17.7 Å². The van der Waals surface area contributed by atoms with Gasteiger partial charge in [-0.2, -0.15) is 0 Å². The predicted octanol–water partition coefficient (Wildman–Crippen LogP) is 3.69. The molecule has 0 fully saturated rings. The normalized spacial score (nSPS) is 13.7. The molecular formula is C17H18O3. The third-order valence-corrected chi connectivity index (χ3v) is 3.38. The molecule has 1 unspecified atom stereocenters. The standard InChI is InChI=1S/C17H18O3/c1-3-20-17(2,16(18)19)15-11-9-14(10-12-15)13-7-5-4-6-8-13/h4-12H,3H2,1-2H3,(H,18,19). The second kappa shape index (κ2) is 5.88. The first-order valence-corrected chi connectivity index (χ1v) is 6.61. The zero-order chi connectivity index (χ0) is 14.6. The van der Waals surface area contributed by atoms with Crippen molar-refractivity contribution in [3.63, 3.8) is 0 Å². The highest BCUT2D eigenvalue weighted by Gasteiger charge is 2.35. The third kappa shape index (κ3) is 2.73. The van der Waals surface area contributed by atoms with Crippen molar-refractivity contribution in [3.8, 4) is 11.1 Å². The Bertz CT molecular complexity index is 575. The van der Waals surface area contributed by atoms with Crippen molar-refractivity contribution in [3.05, 3.63) is 60.2 Å². The van der Waals surface area contributed by atoms with E-state index >= 15 is 0 Å². The van der Waals surface area contributed by atoms with Crippen LogP contribution in [0.3, 0.4) is 0 Å². The average molecular weight is 270 g/mol. The number of carboxylic acids is 1. The molecule has 0 saturated carbocycles. The van der Waals surface area contributed by atoms with E-state index in [0.29, 0.717) is 12.2 Å². The molecule has 0 aromatic heterocycles. The maximum Gasteiger partial charge on any atom is 0.340 e. The van der Waals surface area contributed by atoms with E-state index in [1.165, 1.54) is 0 Å². The lowest BCUT2D eigenvalue weighted by Gasteiger charge is -2.25. The molecule has 1 atom stereocenters. The fourth-order valence-electron chi connectivity index (χ4n) is 2.17. The summed E-state index contributed by atoms with van der Waals surface area (Å²) in [4.78, 5) is 11.4. The van der Waals surface area contributed by atoms with Gasteiger partial charge in [-0.25, -0.2) is 4.79 Å². The van der Waals surface area contributed by atoms with Crippen LogP contribution in [0.15, 0.2) is 54.6 Å². The molecule has 104 valence electrons. The summed E-state index contributed by atoms with van der Waals surface area (Å²) in [5, 5.41) is 9.38. The highest BCUT2D eigenvalue weighted by atomic mass is 16.5. The molecule has 3 heteroatoms. The number of hydrogen-bond acceptors (Lipinski definition) is 2. The smallest absolute Gasteiger partial charge is 0.340 e. The maximum atomic E-state index is 11.4. The molecule has 20 heavy (non-hydrogen) atoms. The Labute approximate surface area is 118 Å². The summed E-state index contributed by atoms with van der Waals surface area (Å²) >= 11 is 0. The number of aliphatic carboxylic acids is 1. The third-order valence-electron chi connectivity index (χ3n) is 3.38. The van der Waals surface area contributed by atoms with Crippen LogP contribution in [0.5, 0.6) is 0 Å². The molecule has 2 aromatic carbocycles. The van der Waals surface area contributed by atoms with Gasteiger partial charge >= 0.3 is 5.97 Å². The van der Waals surface area contributed by atoms with E-state index in [4.69, 9.17) is 4.74 Å². The van der Waals surface area contributed by atoms with Crippen molar-refractivity contribution in [1.82, 2.24) is 0 Å². The van der Waals surface area contributed by atoms with E-state index in [2.05, 4.69) is 0 Å². The van der Waals surface area contributed by atoms with Crippen LogP contribution in [0.25, 0.3) is 11.1 Å². The summed E-state index contributed by atoms with van der Waals surface area (Å²) in [5.74, 6) is -0.980. The molecule has 2 aromatic rings. The summed E-state index contributed by atoms with van der Waals surface area (Å²) in [6, 6.07) is 17.4. The Morgan fingerprint density at radius 2 is 1.60 bits per heavy atom. The van der Waals surface area contributed by atoms with E-state index < -0.39 is 11.6 Å². The number of carboxylic acid groups (broad SMARTS) is 1. The van der Waals surface area contributed by atoms with Gasteiger partial charge in [-0.1, -0.05) is 54.6 Å². The van der Waals surface area contributed by atoms with E-state index in [0.717, 1.165) is 11.1 Å². The monoisotopic (exact) mass is 270 g/mol. The fraction of sp³-hybridized carbons (Fsp3) is 0.235. The van der Waals surface area contributed by atoms with Gasteiger partial charge in [-0.05, 0) is 30.5 Å². The molecule has 0 spiro atoms. The lowest BCUT2D eigenvalue weighted by molar-refractivity contribution is -0.164. The number of rotatable bonds is 5. The van der Waals surface area contributed by atoms with Crippen LogP contribution in [-0.2, 0) is 15.1 Å². The Kier molecular flexibility index (Phi) is 4.20. The molecule has 0 aliphatic rings. The lowest BCUT2D eigenvalue weighted by atomic mass is 9.93. The molecule has 1 N–H and O–H groups in total. The molecule has 3 nitrogen and oxygen atoms in total. The average Bonchev–Trinajstić information content (AvgIpc) is 2.48. The van der Waals surface area contributed by atoms with Crippen molar-refractivity contribution in [2.45, 2.75) is 19.4 Å². The minimum Gasteiger partial charge on any atom is -0.479 e. The second-order valence-electron chi connectivity index (χ2n) is 4.71. The highest BCUT2D eigenvalue weighted by molar-refractivity contribution is 5.79. The summed E-state index contributed by atoms with van der Waals surface area (Å²) in [7, 11) is 0. The van der Waals surface area contributed by atoms with Crippen LogP contribution < -0.4 is 0 Å². The Morgan fingerprint density at radius 1 is 1.05 bits per heavy atom. The van der Waals surface area contributed by atoms with Crippen molar-refractivity contribution in [2.24, 2.45) is 0 Å². The maximum absolute atomic E-state index is 11.4. The second-order valence-corrected chi connectivity index (χ2v) is 4.71. The Morgan fingerprint density at radius 3 is 2.10 bits per heavy atom. The van der Waals surface area contributed by atoms with E-state index in [9.17, 15) is 9.90 Å². The minimum absolute atomic E-state index is 0.350. The van der Waals surface area contributed by atoms with Crippen molar-refractivity contribution < 1.29 is 14.6 Å². The van der Waals surface area contributed by atoms with Gasteiger partial charge in [0.05, 0.1) is 0 Å². The van der Waals surface area contributed by atoms with Crippen LogP contribution in [0, 0.1) is 0 Å². The van der Waals surface area contributed by atoms with Gasteiger partial charge < -0.3 is 9.84 Å². The summed E-state index contributed by atoms with van der Waals surface area (Å²) < 4.78 is 5.42. The van der Waals surface area contributed by atoms with E-state index in [-0.39, 0.29) is 0 Å². The van der Waals surface area contributed by atoms with E-state index in [1.54, 1.807) is 13.8 Å². The summed E-state index contributed by atoms with van der Waals surface area (Å²) in [6.45, 7) is 3.72. The van der Waals surface area contributed by atoms with Gasteiger partial charge in [0.15, 0.2) is 5.60 Å². The zero-order valence-corrected chi connectivity index (χ0v) is 11.7. The number of benzene rings is 2. The van der Waals surface area contributed by atoms with Gasteiger partial charge in [0.25, 0.3) is 0 Å². The number of carbonyl (C=O) groups is 1. The molecular weight excluding hydrogens is 252 g/mol. The van der Waals surface area contributed by atoms with Gasteiger partial charge in [0.1, 0.15) is 0 Å². The van der Waals surface area contributed by atoms with E-state index in [1.807, 2.05) is 54.6 Å². The van der Waals surface area contributed by atoms with Gasteiger partial charge in [-0.3, -0.25) is 0 Å². The molecule has 0 heterocycles. The van der Waals surface area contributed by atoms with Crippen LogP contribution in [0.2, 0.25) is 0 Å². The molecule has 0 radical (unpaired) electrons. The van der Waals surface area contributed by atoms with Crippen LogP contribution >= 0.6 is 0 Å². The molecule has 2 rings (SSSR count). The molecule has 0 saturated heterocycles. The van der Waals surface area contributed by atoms with Crippen molar-refractivity contribution in [2.75, 3.05) is 6.61 Å². The zero-order valence-electron chi connectivity index (χ0n) is 11.7. The molecule has 0 aliphatic carbocycles. The first-order valence-electron chi connectivity index (χ1n) is 6.61. The first kappa shape index (κ1) is 14.3. The number of hydrogen-bond donors (Lipinski definition) is 1. The molecule has 0 bridgehead atoms. The Hall–Kier alpha value is -2.13. The Balaban J connectivity index is 2.34. The summed E-state index contributed by atoms with van der Waals surface area (Å²) in [5.41, 5.74) is 1.50. The van der Waals surface area contributed by atoms with Crippen molar-refractivity contribution >= 4 is 5.97 Å². The highest BCUT2D eigenvalue weighted by Crippen LogP contribution is 2.28. The number of ether oxygens (including phenoxy) is 1. The largest absolute Gasteiger partial charge is 0.479 e. The minimum atomic E-state index is -1.30. The molecule has 0 aliphatic heterocycles. The SMILES string of the molecule is CCOC(C)(C(=O)O)c1ccc(-c2ccccc2)cc1. The predicted molar refractivity (Wildman–Crippen MR) is 78.5 cm³/mol. The van der Waals surface area contributed by atoms with Gasteiger partial charge in [-0.15, -0.1) is 0 Å². The van der Waals surface area contributed by atoms with Gasteiger partial charge in [0.2, 0.25) is 0 Å². The van der Waals surface area contributed by atoms with Crippen LogP contribution in [0.1, 0.15) is 19.4 Å². The lowest BCUT2D eigenvalue weighted by Crippen LogP contribution is -2.35. The van der Waals surface area contributed by atoms with Gasteiger partial charge in [0, 0.05) is 6.61 Å². The van der Waals surface area contributed by atoms with Crippen LogP contribution in [0.4, 0.5) is 0 Å². The molecule has 0 amide bonds. The fourth-order valence-corrected chi connectivity index (χ4v) is 2.17. The van der Waals surface area contributed by atoms with Crippen molar-refractivity contribution in [1.29, 1.82) is 0 Å². The quantitative estimate of drug-likeness (QED) is 0.901. The summed E-state index contributed by atoms with van der Waals surface area (Å²) in [6.07, 6.45) is 0.